The second kappa shape index (κ2) is 8.87. The summed E-state index contributed by atoms with van der Waals surface area (Å²) in [4.78, 5) is 26.6. The molecule has 0 bridgehead atoms. The Morgan fingerprint density at radius 2 is 1.97 bits per heavy atom. The van der Waals surface area contributed by atoms with Crippen LogP contribution in [-0.2, 0) is 21.5 Å². The first-order valence-corrected chi connectivity index (χ1v) is 12.6. The number of aliphatic carboxylic acids is 1. The Bertz CT molecular complexity index is 1000. The summed E-state index contributed by atoms with van der Waals surface area (Å²) in [5.41, 5.74) is 2.23. The van der Waals surface area contributed by atoms with Gasteiger partial charge in [0.25, 0.3) is 0 Å². The molecule has 0 unspecified atom stereocenters. The van der Waals surface area contributed by atoms with Crippen molar-refractivity contribution in [2.45, 2.75) is 77.3 Å². The zero-order valence-electron chi connectivity index (χ0n) is 20.9. The largest absolute Gasteiger partial charge is 0.481 e. The van der Waals surface area contributed by atoms with Crippen molar-refractivity contribution >= 4 is 23.6 Å². The van der Waals surface area contributed by atoms with Crippen molar-refractivity contribution in [2.75, 3.05) is 13.7 Å². The summed E-state index contributed by atoms with van der Waals surface area (Å²) in [6.45, 7) is 9.15. The topological polar surface area (TPSA) is 78.9 Å². The average molecular weight is 489 g/mol. The van der Waals surface area contributed by atoms with Gasteiger partial charge in [0.05, 0.1) is 23.6 Å². The Balaban J connectivity index is 1.68. The van der Waals surface area contributed by atoms with Gasteiger partial charge in [0.2, 0.25) is 0 Å². The van der Waals surface area contributed by atoms with Gasteiger partial charge < -0.3 is 15.2 Å². The number of aryl methyl sites for hydroxylation is 1. The minimum atomic E-state index is -0.753. The lowest BCUT2D eigenvalue weighted by atomic mass is 9.65. The van der Waals surface area contributed by atoms with Gasteiger partial charge in [0, 0.05) is 18.3 Å². The van der Waals surface area contributed by atoms with Crippen LogP contribution in [-0.4, -0.2) is 41.3 Å². The lowest BCUT2D eigenvalue weighted by Crippen LogP contribution is -2.59. The molecule has 0 spiro atoms. The van der Waals surface area contributed by atoms with Crippen LogP contribution >= 0.6 is 11.6 Å². The van der Waals surface area contributed by atoms with Crippen molar-refractivity contribution in [3.8, 4) is 0 Å². The zero-order valence-corrected chi connectivity index (χ0v) is 21.7. The number of halogens is 1. The van der Waals surface area contributed by atoms with Crippen molar-refractivity contribution in [3.63, 3.8) is 0 Å². The fourth-order valence-electron chi connectivity index (χ4n) is 5.29. The maximum absolute atomic E-state index is 13.3. The van der Waals surface area contributed by atoms with Gasteiger partial charge in [0.15, 0.2) is 0 Å². The monoisotopic (exact) mass is 488 g/mol. The molecule has 1 heterocycles. The molecule has 0 radical (unpaired) electrons. The molecule has 6 nitrogen and oxygen atoms in total. The molecule has 2 fully saturated rings. The van der Waals surface area contributed by atoms with Crippen molar-refractivity contribution < 1.29 is 19.4 Å². The number of carboxylic acids is 1. The number of carbonyl (C=O) groups excluding carboxylic acids is 1. The molecule has 186 valence electrons. The molecule has 0 aromatic heterocycles. The zero-order chi connectivity index (χ0) is 24.9. The van der Waals surface area contributed by atoms with Crippen LogP contribution < -0.4 is 5.32 Å². The van der Waals surface area contributed by atoms with Gasteiger partial charge in [0.1, 0.15) is 0 Å². The van der Waals surface area contributed by atoms with E-state index in [0.717, 1.165) is 42.4 Å². The van der Waals surface area contributed by atoms with Crippen LogP contribution in [0.1, 0.15) is 70.9 Å². The summed E-state index contributed by atoms with van der Waals surface area (Å²) in [7, 11) is 1.66. The molecule has 1 aromatic carbocycles. The van der Waals surface area contributed by atoms with Gasteiger partial charge in [-0.2, -0.15) is 0 Å². The molecule has 2 N–H and O–H groups in total. The highest BCUT2D eigenvalue weighted by molar-refractivity contribution is 6.31. The van der Waals surface area contributed by atoms with E-state index in [1.807, 2.05) is 19.2 Å². The van der Waals surface area contributed by atoms with Gasteiger partial charge in [-0.15, -0.1) is 0 Å². The van der Waals surface area contributed by atoms with E-state index in [9.17, 15) is 14.7 Å². The molecule has 1 aliphatic heterocycles. The number of nitrogens with zero attached hydrogens (tertiary/aromatic N) is 1. The minimum absolute atomic E-state index is 0.0897. The van der Waals surface area contributed by atoms with Crippen molar-refractivity contribution in [2.24, 2.45) is 17.3 Å². The van der Waals surface area contributed by atoms with E-state index in [4.69, 9.17) is 16.3 Å². The number of carboxylic acid groups (broad SMARTS) is 1. The fraction of sp³-hybridized carbons (Fsp3) is 0.630. The molecule has 1 atom stereocenters. The third-order valence-corrected chi connectivity index (χ3v) is 8.23. The van der Waals surface area contributed by atoms with Crippen LogP contribution in [0.5, 0.6) is 0 Å². The highest BCUT2D eigenvalue weighted by atomic mass is 35.5. The van der Waals surface area contributed by atoms with Crippen LogP contribution in [0.2, 0.25) is 5.02 Å². The SMILES string of the molecule is COCC1(N2C=C(C3CC(C(=O)O)C3)[C@](C)(c3ccc(CCC(C)(C)C)c(Cl)c3)NC2=O)CC1. The third kappa shape index (κ3) is 4.72. The molecule has 7 heteroatoms. The maximum Gasteiger partial charge on any atom is 0.322 e. The molecule has 0 saturated heterocycles. The van der Waals surface area contributed by atoms with E-state index in [0.29, 0.717) is 24.5 Å². The first kappa shape index (κ1) is 25.1. The average Bonchev–Trinajstić information content (AvgIpc) is 3.47. The Kier molecular flexibility index (Phi) is 6.54. The first-order chi connectivity index (χ1) is 15.9. The summed E-state index contributed by atoms with van der Waals surface area (Å²) < 4.78 is 5.42. The van der Waals surface area contributed by atoms with E-state index < -0.39 is 11.5 Å². The second-order valence-corrected chi connectivity index (χ2v) is 12.1. The smallest absolute Gasteiger partial charge is 0.322 e. The van der Waals surface area contributed by atoms with E-state index in [2.05, 4.69) is 38.2 Å². The van der Waals surface area contributed by atoms with Gasteiger partial charge in [-0.05, 0) is 79.5 Å². The summed E-state index contributed by atoms with van der Waals surface area (Å²) >= 11 is 6.73. The van der Waals surface area contributed by atoms with E-state index in [1.165, 1.54) is 0 Å². The van der Waals surface area contributed by atoms with Crippen LogP contribution in [0.15, 0.2) is 30.0 Å². The number of amides is 2. The minimum Gasteiger partial charge on any atom is -0.481 e. The molecule has 4 rings (SSSR count). The summed E-state index contributed by atoms with van der Waals surface area (Å²) in [6, 6.07) is 5.95. The molecule has 2 amide bonds. The van der Waals surface area contributed by atoms with Gasteiger partial charge in [-0.1, -0.05) is 44.5 Å². The Labute approximate surface area is 207 Å². The highest BCUT2D eigenvalue weighted by Gasteiger charge is 2.55. The van der Waals surface area contributed by atoms with E-state index in [-0.39, 0.29) is 28.8 Å². The summed E-state index contributed by atoms with van der Waals surface area (Å²) in [5, 5.41) is 13.4. The summed E-state index contributed by atoms with van der Waals surface area (Å²) in [6.07, 6.45) is 6.85. The highest BCUT2D eigenvalue weighted by Crippen LogP contribution is 2.51. The molecular weight excluding hydrogens is 452 g/mol. The molecule has 3 aliphatic rings. The normalized spacial score (nSPS) is 28.1. The lowest BCUT2D eigenvalue weighted by Gasteiger charge is -2.48. The van der Waals surface area contributed by atoms with Gasteiger partial charge >= 0.3 is 12.0 Å². The maximum atomic E-state index is 13.3. The number of carbonyl (C=O) groups is 2. The van der Waals surface area contributed by atoms with Crippen molar-refractivity contribution in [3.05, 3.63) is 46.1 Å². The second-order valence-electron chi connectivity index (χ2n) is 11.7. The quantitative estimate of drug-likeness (QED) is 0.489. The number of methoxy groups -OCH3 is 1. The molecule has 2 aliphatic carbocycles. The number of nitrogens with one attached hydrogen (secondary N) is 1. The number of hydrogen-bond donors (Lipinski definition) is 2. The van der Waals surface area contributed by atoms with Gasteiger partial charge in [-0.25, -0.2) is 4.79 Å². The number of ether oxygens (including phenoxy) is 1. The van der Waals surface area contributed by atoms with Crippen LogP contribution in [0, 0.1) is 17.3 Å². The number of urea groups is 1. The number of hydrogen-bond acceptors (Lipinski definition) is 3. The predicted octanol–water partition coefficient (Wildman–Crippen LogP) is 5.73. The standard InChI is InChI=1S/C27H37ClN2O4/c1-25(2,3)9-8-17-6-7-20(14-22(17)28)26(4)21(18-12-19(13-18)23(31)32)15-30(24(33)29-26)27(10-11-27)16-34-5/h6-7,14-15,18-19H,8-13,16H2,1-5H3,(H,29,33)(H,31,32)/t18?,19?,26-/m0/s1. The number of rotatable bonds is 8. The molecule has 34 heavy (non-hydrogen) atoms. The Morgan fingerprint density at radius 3 is 2.50 bits per heavy atom. The summed E-state index contributed by atoms with van der Waals surface area (Å²) in [5.74, 6) is -0.995. The van der Waals surface area contributed by atoms with Crippen LogP contribution in [0.25, 0.3) is 0 Å². The first-order valence-electron chi connectivity index (χ1n) is 12.2. The van der Waals surface area contributed by atoms with Crippen molar-refractivity contribution in [1.82, 2.24) is 10.2 Å². The molecular formula is C27H37ClN2O4. The Morgan fingerprint density at radius 1 is 1.29 bits per heavy atom. The van der Waals surface area contributed by atoms with E-state index in [1.54, 1.807) is 12.0 Å². The predicted molar refractivity (Wildman–Crippen MR) is 133 cm³/mol. The van der Waals surface area contributed by atoms with E-state index >= 15 is 0 Å². The number of benzene rings is 1. The van der Waals surface area contributed by atoms with Crippen LogP contribution in [0.3, 0.4) is 0 Å². The van der Waals surface area contributed by atoms with Gasteiger partial charge in [-0.3, -0.25) is 9.69 Å². The molecule has 1 aromatic rings. The Hall–Kier alpha value is -2.05. The third-order valence-electron chi connectivity index (χ3n) is 7.87. The molecule has 2 saturated carbocycles. The van der Waals surface area contributed by atoms with Crippen LogP contribution in [0.4, 0.5) is 4.79 Å². The lowest BCUT2D eigenvalue weighted by molar-refractivity contribution is -0.145. The fourth-order valence-corrected chi connectivity index (χ4v) is 5.56. The van der Waals surface area contributed by atoms with Crippen molar-refractivity contribution in [1.29, 1.82) is 0 Å².